The molecule has 0 aromatic heterocycles. The highest BCUT2D eigenvalue weighted by molar-refractivity contribution is 6.62. The van der Waals surface area contributed by atoms with Crippen LogP contribution < -0.4 is 11.2 Å². The molecule has 0 bridgehead atoms. The van der Waals surface area contributed by atoms with E-state index in [0.29, 0.717) is 18.5 Å². The summed E-state index contributed by atoms with van der Waals surface area (Å²) in [5.41, 5.74) is 7.14. The molecule has 0 spiro atoms. The van der Waals surface area contributed by atoms with Crippen LogP contribution in [0.3, 0.4) is 0 Å². The van der Waals surface area contributed by atoms with Crippen molar-refractivity contribution in [3.8, 4) is 6.07 Å². The molecule has 2 N–H and O–H groups in total. The lowest BCUT2D eigenvalue weighted by Gasteiger charge is -2.32. The maximum absolute atomic E-state index is 9.44. The van der Waals surface area contributed by atoms with Gasteiger partial charge in [0.25, 0.3) is 0 Å². The molecule has 2 rings (SSSR count). The Bertz CT molecular complexity index is 533. The second-order valence-electron chi connectivity index (χ2n) is 6.12. The maximum atomic E-state index is 9.44. The van der Waals surface area contributed by atoms with Crippen molar-refractivity contribution in [2.24, 2.45) is 5.73 Å². The van der Waals surface area contributed by atoms with E-state index in [-0.39, 0.29) is 0 Å². The molecule has 5 heteroatoms. The van der Waals surface area contributed by atoms with Crippen LogP contribution in [0.1, 0.15) is 38.8 Å². The average molecular weight is 272 g/mol. The van der Waals surface area contributed by atoms with Gasteiger partial charge in [0.1, 0.15) is 0 Å². The lowest BCUT2D eigenvalue weighted by molar-refractivity contribution is 0.00578. The lowest BCUT2D eigenvalue weighted by Crippen LogP contribution is -2.41. The molecule has 0 amide bonds. The average Bonchev–Trinajstić information content (AvgIpc) is 2.58. The van der Waals surface area contributed by atoms with Gasteiger partial charge < -0.3 is 15.0 Å². The van der Waals surface area contributed by atoms with Gasteiger partial charge in [-0.3, -0.25) is 0 Å². The highest BCUT2D eigenvalue weighted by Gasteiger charge is 2.52. The number of nitrogens with zero attached hydrogens (tertiary/aromatic N) is 1. The van der Waals surface area contributed by atoms with E-state index in [1.165, 1.54) is 0 Å². The second-order valence-corrected chi connectivity index (χ2v) is 6.12. The summed E-state index contributed by atoms with van der Waals surface area (Å²) >= 11 is 0. The van der Waals surface area contributed by atoms with Crippen molar-refractivity contribution >= 4 is 12.6 Å². The molecule has 106 valence electrons. The Hall–Kier alpha value is -1.35. The summed E-state index contributed by atoms with van der Waals surface area (Å²) in [7, 11) is -0.507. The van der Waals surface area contributed by atoms with Crippen molar-refractivity contribution in [1.82, 2.24) is 0 Å². The standard InChI is InChI=1S/C15H21BN2O2/c1-14(2)15(3,4)20-16(19-14)13-7-5-6-11(8-9-17)12(13)10-18/h5-7H,8-9,17H2,1-4H3. The van der Waals surface area contributed by atoms with Crippen LogP contribution in [0.25, 0.3) is 0 Å². The molecule has 1 aromatic carbocycles. The molecule has 20 heavy (non-hydrogen) atoms. The van der Waals surface area contributed by atoms with Gasteiger partial charge in [-0.05, 0) is 46.2 Å². The first-order valence-corrected chi connectivity index (χ1v) is 6.90. The molecule has 1 saturated heterocycles. The Morgan fingerprint density at radius 3 is 2.30 bits per heavy atom. The molecule has 1 aliphatic rings. The third-order valence-corrected chi connectivity index (χ3v) is 4.22. The van der Waals surface area contributed by atoms with Gasteiger partial charge in [0.15, 0.2) is 0 Å². The van der Waals surface area contributed by atoms with Crippen molar-refractivity contribution in [2.75, 3.05) is 6.54 Å². The number of hydrogen-bond acceptors (Lipinski definition) is 4. The Kier molecular flexibility index (Phi) is 3.92. The monoisotopic (exact) mass is 272 g/mol. The van der Waals surface area contributed by atoms with Crippen LogP contribution in [0.4, 0.5) is 0 Å². The zero-order valence-electron chi connectivity index (χ0n) is 12.6. The molecule has 0 saturated carbocycles. The Morgan fingerprint density at radius 1 is 1.20 bits per heavy atom. The van der Waals surface area contributed by atoms with Crippen molar-refractivity contribution in [3.05, 3.63) is 29.3 Å². The van der Waals surface area contributed by atoms with Gasteiger partial charge in [0.05, 0.1) is 22.8 Å². The molecule has 1 fully saturated rings. The van der Waals surface area contributed by atoms with Crippen LogP contribution in [0.5, 0.6) is 0 Å². The molecule has 0 atom stereocenters. The van der Waals surface area contributed by atoms with Crippen LogP contribution in [-0.4, -0.2) is 24.9 Å². The number of hydrogen-bond donors (Lipinski definition) is 1. The van der Waals surface area contributed by atoms with Gasteiger partial charge in [0, 0.05) is 5.46 Å². The Labute approximate surface area is 121 Å². The molecule has 0 unspecified atom stereocenters. The minimum atomic E-state index is -0.507. The van der Waals surface area contributed by atoms with Gasteiger partial charge >= 0.3 is 7.12 Å². The predicted octanol–water partition coefficient (Wildman–Crippen LogP) is 1.36. The minimum Gasteiger partial charge on any atom is -0.399 e. The molecular weight excluding hydrogens is 251 g/mol. The van der Waals surface area contributed by atoms with E-state index in [1.54, 1.807) is 0 Å². The van der Waals surface area contributed by atoms with E-state index in [9.17, 15) is 5.26 Å². The van der Waals surface area contributed by atoms with Gasteiger partial charge in [-0.15, -0.1) is 0 Å². The molecular formula is C15H21BN2O2. The smallest absolute Gasteiger partial charge is 0.399 e. The summed E-state index contributed by atoms with van der Waals surface area (Å²) in [4.78, 5) is 0. The van der Waals surface area contributed by atoms with Crippen molar-refractivity contribution < 1.29 is 9.31 Å². The number of nitrogens with two attached hydrogens (primary N) is 1. The largest absolute Gasteiger partial charge is 0.496 e. The van der Waals surface area contributed by atoms with Gasteiger partial charge in [0.2, 0.25) is 0 Å². The summed E-state index contributed by atoms with van der Waals surface area (Å²) in [6.07, 6.45) is 0.677. The van der Waals surface area contributed by atoms with E-state index in [4.69, 9.17) is 15.0 Å². The topological polar surface area (TPSA) is 68.3 Å². The number of nitriles is 1. The molecule has 0 aliphatic carbocycles. The van der Waals surface area contributed by atoms with E-state index < -0.39 is 18.3 Å². The van der Waals surface area contributed by atoms with Crippen LogP contribution >= 0.6 is 0 Å². The van der Waals surface area contributed by atoms with Gasteiger partial charge in [-0.25, -0.2) is 0 Å². The highest BCUT2D eigenvalue weighted by Crippen LogP contribution is 2.36. The Morgan fingerprint density at radius 2 is 1.80 bits per heavy atom. The van der Waals surface area contributed by atoms with Crippen LogP contribution in [-0.2, 0) is 15.7 Å². The maximum Gasteiger partial charge on any atom is 0.496 e. The highest BCUT2D eigenvalue weighted by atomic mass is 16.7. The molecule has 1 aromatic rings. The molecule has 1 aliphatic heterocycles. The first-order valence-electron chi connectivity index (χ1n) is 6.90. The van der Waals surface area contributed by atoms with Gasteiger partial charge in [-0.1, -0.05) is 18.2 Å². The zero-order chi connectivity index (χ0) is 15.0. The fourth-order valence-electron chi connectivity index (χ4n) is 2.29. The van der Waals surface area contributed by atoms with Crippen LogP contribution in [0, 0.1) is 11.3 Å². The normalized spacial score (nSPS) is 19.9. The van der Waals surface area contributed by atoms with Crippen molar-refractivity contribution in [3.63, 3.8) is 0 Å². The Balaban J connectivity index is 2.41. The van der Waals surface area contributed by atoms with Crippen molar-refractivity contribution in [2.45, 2.75) is 45.3 Å². The summed E-state index contributed by atoms with van der Waals surface area (Å²) in [5, 5.41) is 9.44. The number of benzene rings is 1. The lowest BCUT2D eigenvalue weighted by atomic mass is 9.74. The molecule has 4 nitrogen and oxygen atoms in total. The fraction of sp³-hybridized carbons (Fsp3) is 0.533. The third-order valence-electron chi connectivity index (χ3n) is 4.22. The second kappa shape index (κ2) is 5.21. The zero-order valence-corrected chi connectivity index (χ0v) is 12.6. The van der Waals surface area contributed by atoms with Gasteiger partial charge in [-0.2, -0.15) is 5.26 Å². The van der Waals surface area contributed by atoms with E-state index >= 15 is 0 Å². The van der Waals surface area contributed by atoms with E-state index in [1.807, 2.05) is 45.9 Å². The van der Waals surface area contributed by atoms with Crippen LogP contribution in [0.2, 0.25) is 0 Å². The summed E-state index contributed by atoms with van der Waals surface area (Å²) in [6, 6.07) is 8.01. The summed E-state index contributed by atoms with van der Waals surface area (Å²) < 4.78 is 12.0. The quantitative estimate of drug-likeness (QED) is 0.843. The summed E-state index contributed by atoms with van der Waals surface area (Å²) in [5.74, 6) is 0. The molecule has 0 radical (unpaired) electrons. The van der Waals surface area contributed by atoms with Crippen LogP contribution in [0.15, 0.2) is 18.2 Å². The first-order chi connectivity index (χ1) is 9.32. The SMILES string of the molecule is CC1(C)OB(c2cccc(CCN)c2C#N)OC1(C)C. The van der Waals surface area contributed by atoms with E-state index in [0.717, 1.165) is 11.0 Å². The summed E-state index contributed by atoms with van der Waals surface area (Å²) in [6.45, 7) is 8.53. The molecule has 1 heterocycles. The fourth-order valence-corrected chi connectivity index (χ4v) is 2.29. The predicted molar refractivity (Wildman–Crippen MR) is 79.6 cm³/mol. The number of rotatable bonds is 3. The third kappa shape index (κ3) is 2.47. The minimum absolute atomic E-state index is 0.408. The van der Waals surface area contributed by atoms with E-state index in [2.05, 4.69) is 6.07 Å². The first kappa shape index (κ1) is 15.1. The van der Waals surface area contributed by atoms with Crippen molar-refractivity contribution in [1.29, 1.82) is 5.26 Å².